The first kappa shape index (κ1) is 18.7. The van der Waals surface area contributed by atoms with Crippen LogP contribution in [0.1, 0.15) is 39.8 Å². The summed E-state index contributed by atoms with van der Waals surface area (Å²) in [6.45, 7) is 3.54. The highest BCUT2D eigenvalue weighted by atomic mass is 16.5. The zero-order valence-corrected chi connectivity index (χ0v) is 15.9. The summed E-state index contributed by atoms with van der Waals surface area (Å²) >= 11 is 0. The van der Waals surface area contributed by atoms with E-state index in [0.29, 0.717) is 24.0 Å². The van der Waals surface area contributed by atoms with E-state index in [0.717, 1.165) is 16.8 Å². The molecule has 1 unspecified atom stereocenters. The smallest absolute Gasteiger partial charge is 0.353 e. The molecule has 29 heavy (non-hydrogen) atoms. The van der Waals surface area contributed by atoms with Crippen LogP contribution >= 0.6 is 0 Å². The summed E-state index contributed by atoms with van der Waals surface area (Å²) in [5.74, 6) is -3.56. The van der Waals surface area contributed by atoms with Gasteiger partial charge in [-0.1, -0.05) is 37.3 Å². The number of nitrogen functional groups attached to an aromatic ring is 1. The number of carboxylic acid groups (broad SMARTS) is 1. The number of ether oxygens (including phenoxy) is 1. The minimum Gasteiger partial charge on any atom is -0.478 e. The second kappa shape index (κ2) is 6.73. The summed E-state index contributed by atoms with van der Waals surface area (Å²) < 4.78 is 7.11. The molecule has 0 aliphatic carbocycles. The van der Waals surface area contributed by atoms with E-state index in [2.05, 4.69) is 5.10 Å². The van der Waals surface area contributed by atoms with Crippen molar-refractivity contribution in [3.8, 4) is 5.75 Å². The highest BCUT2D eigenvalue weighted by Crippen LogP contribution is 2.39. The van der Waals surface area contributed by atoms with Crippen molar-refractivity contribution in [2.24, 2.45) is 0 Å². The van der Waals surface area contributed by atoms with Gasteiger partial charge in [-0.05, 0) is 24.5 Å². The lowest BCUT2D eigenvalue weighted by atomic mass is 9.98. The summed E-state index contributed by atoms with van der Waals surface area (Å²) in [6, 6.07) is 9.77. The third kappa shape index (κ3) is 2.75. The lowest BCUT2D eigenvalue weighted by molar-refractivity contribution is -0.149. The second-order valence-electron chi connectivity index (χ2n) is 6.93. The first-order chi connectivity index (χ1) is 13.8. The number of nitrogens with two attached hydrogens (primary N) is 1. The number of benzene rings is 1. The first-order valence-corrected chi connectivity index (χ1v) is 9.19. The van der Waals surface area contributed by atoms with Gasteiger partial charge in [0.05, 0.1) is 22.6 Å². The summed E-state index contributed by atoms with van der Waals surface area (Å²) in [5, 5.41) is 13.8. The zero-order valence-electron chi connectivity index (χ0n) is 15.9. The fraction of sp³-hybridized carbons (Fsp3) is 0.238. The number of ketones is 2. The lowest BCUT2D eigenvalue weighted by Gasteiger charge is -2.23. The number of carbonyl (C=O) groups is 3. The summed E-state index contributed by atoms with van der Waals surface area (Å²) in [6.07, 6.45) is -0.735. The van der Waals surface area contributed by atoms with Crippen molar-refractivity contribution in [2.75, 3.05) is 5.73 Å². The van der Waals surface area contributed by atoms with Gasteiger partial charge in [0.15, 0.2) is 5.75 Å². The first-order valence-electron chi connectivity index (χ1n) is 9.19. The maximum atomic E-state index is 12.6. The Labute approximate surface area is 165 Å². The molecule has 3 aromatic rings. The minimum absolute atomic E-state index is 0.000937. The minimum atomic E-state index is -1.89. The van der Waals surface area contributed by atoms with Crippen LogP contribution in [0.2, 0.25) is 0 Å². The van der Waals surface area contributed by atoms with E-state index in [1.165, 1.54) is 0 Å². The van der Waals surface area contributed by atoms with Gasteiger partial charge in [0.1, 0.15) is 5.52 Å². The summed E-state index contributed by atoms with van der Waals surface area (Å²) in [7, 11) is 0. The summed E-state index contributed by atoms with van der Waals surface area (Å²) in [4.78, 5) is 36.2. The van der Waals surface area contributed by atoms with Gasteiger partial charge in [0.2, 0.25) is 5.78 Å². The van der Waals surface area contributed by atoms with Crippen LogP contribution in [0.25, 0.3) is 5.52 Å². The number of nitrogens with zero attached hydrogens (tertiary/aromatic N) is 2. The van der Waals surface area contributed by atoms with E-state index in [1.807, 2.05) is 37.3 Å². The van der Waals surface area contributed by atoms with Gasteiger partial charge in [0, 0.05) is 6.42 Å². The molecule has 1 aliphatic heterocycles. The van der Waals surface area contributed by atoms with E-state index in [-0.39, 0.29) is 17.0 Å². The van der Waals surface area contributed by atoms with Crippen LogP contribution in [0.5, 0.6) is 5.75 Å². The van der Waals surface area contributed by atoms with Crippen LogP contribution in [0.3, 0.4) is 0 Å². The van der Waals surface area contributed by atoms with Crippen LogP contribution in [0.4, 0.5) is 5.69 Å². The molecule has 0 spiro atoms. The molecule has 1 aliphatic rings. The van der Waals surface area contributed by atoms with Crippen molar-refractivity contribution >= 4 is 28.7 Å². The van der Waals surface area contributed by atoms with Crippen LogP contribution < -0.4 is 10.5 Å². The number of hydrogen-bond acceptors (Lipinski definition) is 6. The second-order valence-corrected chi connectivity index (χ2v) is 6.93. The lowest BCUT2D eigenvalue weighted by Crippen LogP contribution is -2.44. The molecule has 0 saturated heterocycles. The van der Waals surface area contributed by atoms with Crippen LogP contribution in [-0.2, 0) is 22.4 Å². The Bertz CT molecular complexity index is 1180. The highest BCUT2D eigenvalue weighted by molar-refractivity contribution is 6.49. The molecule has 0 saturated carbocycles. The van der Waals surface area contributed by atoms with Crippen molar-refractivity contribution in [1.82, 2.24) is 9.61 Å². The Morgan fingerprint density at radius 3 is 2.59 bits per heavy atom. The SMILES string of the molecule is CCc1c(N)c2c3c(c(C)nn2c1Cc1ccccc1)C(=O)C(=O)C(C(=O)O)O3. The number of hydrogen-bond donors (Lipinski definition) is 2. The summed E-state index contributed by atoms with van der Waals surface area (Å²) in [5.41, 5.74) is 10.1. The number of Topliss-reactive ketones (excluding diaryl/α,β-unsaturated/α-hetero) is 2. The highest BCUT2D eigenvalue weighted by Gasteiger charge is 2.43. The van der Waals surface area contributed by atoms with Gasteiger partial charge < -0.3 is 15.6 Å². The van der Waals surface area contributed by atoms with Gasteiger partial charge in [0.25, 0.3) is 11.9 Å². The topological polar surface area (TPSA) is 124 Å². The van der Waals surface area contributed by atoms with E-state index in [9.17, 15) is 19.5 Å². The number of aliphatic carboxylic acids is 1. The Morgan fingerprint density at radius 1 is 1.28 bits per heavy atom. The number of fused-ring (bicyclic) bond motifs is 3. The molecule has 8 heteroatoms. The molecule has 148 valence electrons. The van der Waals surface area contributed by atoms with Gasteiger partial charge in [-0.15, -0.1) is 0 Å². The Hall–Kier alpha value is -3.68. The molecule has 4 rings (SSSR count). The molecule has 3 N–H and O–H groups in total. The molecule has 3 heterocycles. The number of rotatable bonds is 4. The predicted molar refractivity (Wildman–Crippen MR) is 104 cm³/mol. The number of aryl methyl sites for hydroxylation is 1. The number of aromatic nitrogens is 2. The van der Waals surface area contributed by atoms with Crippen molar-refractivity contribution in [3.05, 3.63) is 58.4 Å². The molecule has 0 fully saturated rings. The van der Waals surface area contributed by atoms with Gasteiger partial charge in [-0.2, -0.15) is 5.10 Å². The maximum absolute atomic E-state index is 12.6. The van der Waals surface area contributed by atoms with Crippen molar-refractivity contribution in [1.29, 1.82) is 0 Å². The fourth-order valence-electron chi connectivity index (χ4n) is 3.81. The van der Waals surface area contributed by atoms with Crippen LogP contribution in [0.15, 0.2) is 30.3 Å². The van der Waals surface area contributed by atoms with Crippen molar-refractivity contribution in [2.45, 2.75) is 32.8 Å². The van der Waals surface area contributed by atoms with Crippen LogP contribution in [0, 0.1) is 6.92 Å². The standard InChI is InChI=1S/C21H19N3O5/c1-3-12-13(9-11-7-5-4-6-8-11)24-16(15(12)22)19-14(10(2)23-24)17(25)18(26)20(29-19)21(27)28/h4-8,20H,3,9,22H2,1-2H3,(H,27,28). The molecule has 1 aromatic carbocycles. The van der Waals surface area contributed by atoms with Gasteiger partial charge in [-0.3, -0.25) is 9.59 Å². The van der Waals surface area contributed by atoms with Crippen molar-refractivity contribution < 1.29 is 24.2 Å². The monoisotopic (exact) mass is 393 g/mol. The fourth-order valence-corrected chi connectivity index (χ4v) is 3.81. The normalized spacial score (nSPS) is 16.0. The van der Waals surface area contributed by atoms with E-state index in [1.54, 1.807) is 11.4 Å². The Balaban J connectivity index is 2.01. The third-order valence-corrected chi connectivity index (χ3v) is 5.17. The van der Waals surface area contributed by atoms with Crippen LogP contribution in [-0.4, -0.2) is 38.4 Å². The molecule has 1 atom stereocenters. The zero-order chi connectivity index (χ0) is 20.9. The van der Waals surface area contributed by atoms with Gasteiger partial charge >= 0.3 is 5.97 Å². The maximum Gasteiger partial charge on any atom is 0.353 e. The Morgan fingerprint density at radius 2 is 1.97 bits per heavy atom. The molecular formula is C21H19N3O5. The van der Waals surface area contributed by atoms with E-state index in [4.69, 9.17) is 10.5 Å². The number of carbonyl (C=O) groups excluding carboxylic acids is 2. The largest absolute Gasteiger partial charge is 0.478 e. The number of anilines is 1. The van der Waals surface area contributed by atoms with Gasteiger partial charge in [-0.25, -0.2) is 9.31 Å². The molecule has 0 bridgehead atoms. The predicted octanol–water partition coefficient (Wildman–Crippen LogP) is 1.98. The van der Waals surface area contributed by atoms with E-state index >= 15 is 0 Å². The molecule has 0 amide bonds. The molecular weight excluding hydrogens is 374 g/mol. The third-order valence-electron chi connectivity index (χ3n) is 5.17. The molecule has 2 aromatic heterocycles. The Kier molecular flexibility index (Phi) is 4.34. The molecule has 0 radical (unpaired) electrons. The average Bonchev–Trinajstić information content (AvgIpc) is 2.95. The molecule has 8 nitrogen and oxygen atoms in total. The number of carboxylic acids is 1. The quantitative estimate of drug-likeness (QED) is 0.513. The average molecular weight is 393 g/mol. The van der Waals surface area contributed by atoms with E-state index < -0.39 is 23.6 Å². The van der Waals surface area contributed by atoms with Crippen molar-refractivity contribution in [3.63, 3.8) is 0 Å².